The number of hydrogen-bond acceptors (Lipinski definition) is 4. The summed E-state index contributed by atoms with van der Waals surface area (Å²) in [7, 11) is -2.09. The molecule has 1 atom stereocenters. The second-order valence-corrected chi connectivity index (χ2v) is 11.7. The number of hydrogen-bond donors (Lipinski definition) is 1. The van der Waals surface area contributed by atoms with Crippen molar-refractivity contribution in [1.29, 1.82) is 0 Å². The predicted molar refractivity (Wildman–Crippen MR) is 145 cm³/mol. The first-order valence-corrected chi connectivity index (χ1v) is 13.6. The molecule has 1 N–H and O–H groups in total. The molecule has 180 valence electrons. The summed E-state index contributed by atoms with van der Waals surface area (Å²) < 4.78 is 20.9. The Bertz CT molecular complexity index is 1440. The largest absolute Gasteiger partial charge is 0.497 e. The molecule has 5 rings (SSSR count). The van der Waals surface area contributed by atoms with Gasteiger partial charge in [-0.3, -0.25) is 4.79 Å². The minimum atomic E-state index is -3.67. The molecule has 4 nitrogen and oxygen atoms in total. The van der Waals surface area contributed by atoms with Gasteiger partial charge in [-0.15, -0.1) is 0 Å². The summed E-state index contributed by atoms with van der Waals surface area (Å²) in [6.45, 7) is 0. The third kappa shape index (κ3) is 4.35. The summed E-state index contributed by atoms with van der Waals surface area (Å²) in [5.41, 5.74) is 0.0598. The normalized spacial score (nSPS) is 16.4. The lowest BCUT2D eigenvalue weighted by atomic mass is 9.94. The van der Waals surface area contributed by atoms with Crippen LogP contribution >= 0.6 is 7.14 Å². The number of methoxy groups -OCH3 is 1. The highest BCUT2D eigenvalue weighted by atomic mass is 31.2. The number of carbonyl (C=O) groups is 1. The van der Waals surface area contributed by atoms with Crippen LogP contribution in [0.1, 0.15) is 28.8 Å². The van der Waals surface area contributed by atoms with Gasteiger partial charge in [0.25, 0.3) is 0 Å². The highest BCUT2D eigenvalue weighted by Gasteiger charge is 2.54. The fourth-order valence-corrected chi connectivity index (χ4v) is 7.92. The molecule has 0 spiro atoms. The van der Waals surface area contributed by atoms with Gasteiger partial charge < -0.3 is 14.4 Å². The maximum absolute atomic E-state index is 15.5. The van der Waals surface area contributed by atoms with Gasteiger partial charge in [-0.1, -0.05) is 91.0 Å². The lowest BCUT2D eigenvalue weighted by molar-refractivity contribution is 0.105. The Labute approximate surface area is 211 Å². The molecule has 0 heterocycles. The maximum Gasteiger partial charge on any atom is 0.194 e. The average Bonchev–Trinajstić information content (AvgIpc) is 3.70. The molecule has 1 aliphatic carbocycles. The molecule has 4 aromatic carbocycles. The summed E-state index contributed by atoms with van der Waals surface area (Å²) in [4.78, 5) is 14.2. The Morgan fingerprint density at radius 1 is 0.722 bits per heavy atom. The Morgan fingerprint density at radius 3 is 1.69 bits per heavy atom. The fourth-order valence-electron chi connectivity index (χ4n) is 4.59. The lowest BCUT2D eigenvalue weighted by Crippen LogP contribution is -2.27. The van der Waals surface area contributed by atoms with Crippen molar-refractivity contribution in [2.45, 2.75) is 18.4 Å². The molecule has 5 heteroatoms. The van der Waals surface area contributed by atoms with Crippen molar-refractivity contribution < 1.29 is 19.2 Å². The first-order valence-electron chi connectivity index (χ1n) is 11.9. The van der Waals surface area contributed by atoms with E-state index in [0.29, 0.717) is 51.2 Å². The smallest absolute Gasteiger partial charge is 0.194 e. The van der Waals surface area contributed by atoms with E-state index in [-0.39, 0.29) is 5.78 Å². The summed E-state index contributed by atoms with van der Waals surface area (Å²) in [6.07, 6.45) is 0.876. The molecule has 1 fully saturated rings. The predicted octanol–water partition coefficient (Wildman–Crippen LogP) is 5.83. The number of ketones is 1. The second-order valence-electron chi connectivity index (χ2n) is 8.96. The standard InChI is InChI=1S/C31H27O4P/c1-35-25-17-19-27(20-18-25)36(34,26-15-9-4-10-16-26)30(31(33)21-22-31)28(23-11-5-2-6-12-23)29(32)24-13-7-3-8-14-24/h2-20,33H,21-22H2,1H3/b30-28-. The van der Waals surface area contributed by atoms with Gasteiger partial charge >= 0.3 is 0 Å². The fraction of sp³-hybridized carbons (Fsp3) is 0.129. The molecule has 1 unspecified atom stereocenters. The van der Waals surface area contributed by atoms with Gasteiger partial charge in [-0.2, -0.15) is 0 Å². The maximum atomic E-state index is 15.5. The van der Waals surface area contributed by atoms with Crippen molar-refractivity contribution in [2.75, 3.05) is 7.11 Å². The zero-order valence-electron chi connectivity index (χ0n) is 20.0. The van der Waals surface area contributed by atoms with E-state index >= 15 is 4.57 Å². The van der Waals surface area contributed by atoms with Crippen molar-refractivity contribution in [3.8, 4) is 5.75 Å². The molecule has 0 aromatic heterocycles. The van der Waals surface area contributed by atoms with Gasteiger partial charge in [0, 0.05) is 27.1 Å². The Morgan fingerprint density at radius 2 is 1.19 bits per heavy atom. The van der Waals surface area contributed by atoms with E-state index in [0.717, 1.165) is 0 Å². The van der Waals surface area contributed by atoms with Gasteiger partial charge in [0.1, 0.15) is 5.75 Å². The molecule has 36 heavy (non-hydrogen) atoms. The van der Waals surface area contributed by atoms with E-state index < -0.39 is 12.7 Å². The number of benzene rings is 4. The van der Waals surface area contributed by atoms with Crippen molar-refractivity contribution in [3.05, 3.63) is 132 Å². The number of ether oxygens (including phenoxy) is 1. The molecular formula is C31H27O4P. The van der Waals surface area contributed by atoms with E-state index in [2.05, 4.69) is 0 Å². The third-order valence-corrected chi connectivity index (χ3v) is 9.92. The Hall–Kier alpha value is -3.72. The quantitative estimate of drug-likeness (QED) is 0.190. The van der Waals surface area contributed by atoms with Crippen LogP contribution < -0.4 is 15.3 Å². The molecule has 0 saturated heterocycles. The van der Waals surface area contributed by atoms with Gasteiger partial charge in [0.15, 0.2) is 12.9 Å². The average molecular weight is 495 g/mol. The highest BCUT2D eigenvalue weighted by Crippen LogP contribution is 2.64. The van der Waals surface area contributed by atoms with Crippen LogP contribution in [0.2, 0.25) is 0 Å². The molecule has 4 aromatic rings. The van der Waals surface area contributed by atoms with Gasteiger partial charge in [-0.25, -0.2) is 0 Å². The first kappa shape index (κ1) is 24.0. The summed E-state index contributed by atoms with van der Waals surface area (Å²) in [5, 5.41) is 13.2. The zero-order chi connectivity index (χ0) is 25.2. The summed E-state index contributed by atoms with van der Waals surface area (Å²) >= 11 is 0. The SMILES string of the molecule is COc1ccc(P(=O)(/C(=C(\C(=O)c2ccccc2)c2ccccc2)C2(O)CC2)c2ccccc2)cc1. The minimum absolute atomic E-state index is 0.262. The number of rotatable bonds is 8. The number of Topliss-reactive ketones (excluding diaryl/α,β-unsaturated/α-hetero) is 1. The topological polar surface area (TPSA) is 63.6 Å². The minimum Gasteiger partial charge on any atom is -0.497 e. The summed E-state index contributed by atoms with van der Waals surface area (Å²) in [6, 6.07) is 34.5. The monoisotopic (exact) mass is 494 g/mol. The first-order chi connectivity index (χ1) is 17.5. The lowest BCUT2D eigenvalue weighted by Gasteiger charge is -2.29. The molecular weight excluding hydrogens is 467 g/mol. The van der Waals surface area contributed by atoms with Crippen molar-refractivity contribution in [1.82, 2.24) is 0 Å². The van der Waals surface area contributed by atoms with E-state index in [9.17, 15) is 9.90 Å². The Kier molecular flexibility index (Phi) is 6.49. The van der Waals surface area contributed by atoms with Crippen molar-refractivity contribution >= 4 is 29.1 Å². The van der Waals surface area contributed by atoms with E-state index in [1.165, 1.54) is 0 Å². The van der Waals surface area contributed by atoms with Crippen LogP contribution in [0, 0.1) is 0 Å². The van der Waals surface area contributed by atoms with E-state index in [1.54, 1.807) is 43.5 Å². The molecule has 0 bridgehead atoms. The van der Waals surface area contributed by atoms with Crippen molar-refractivity contribution in [2.24, 2.45) is 0 Å². The molecule has 1 aliphatic rings. The van der Waals surface area contributed by atoms with Crippen LogP contribution in [0.5, 0.6) is 5.75 Å². The summed E-state index contributed by atoms with van der Waals surface area (Å²) in [5.74, 6) is 0.375. The van der Waals surface area contributed by atoms with E-state index in [1.807, 2.05) is 78.9 Å². The molecule has 0 amide bonds. The van der Waals surface area contributed by atoms with Gasteiger partial charge in [0.2, 0.25) is 0 Å². The van der Waals surface area contributed by atoms with Gasteiger partial charge in [-0.05, 0) is 42.7 Å². The highest BCUT2D eigenvalue weighted by molar-refractivity contribution is 7.82. The van der Waals surface area contributed by atoms with Gasteiger partial charge in [0.05, 0.1) is 12.7 Å². The molecule has 0 radical (unpaired) electrons. The number of carbonyl (C=O) groups excluding carboxylic acids is 1. The van der Waals surface area contributed by atoms with Crippen LogP contribution in [0.15, 0.2) is 121 Å². The second kappa shape index (κ2) is 9.73. The zero-order valence-corrected chi connectivity index (χ0v) is 20.9. The Balaban J connectivity index is 1.89. The van der Waals surface area contributed by atoms with E-state index in [4.69, 9.17) is 4.74 Å². The number of allylic oxidation sites excluding steroid dienone is 1. The van der Waals surface area contributed by atoms with Crippen LogP contribution in [-0.2, 0) is 4.57 Å². The third-order valence-electron chi connectivity index (χ3n) is 6.60. The van der Waals surface area contributed by atoms with Crippen LogP contribution in [0.3, 0.4) is 0 Å². The molecule has 0 aliphatic heterocycles. The van der Waals surface area contributed by atoms with Crippen molar-refractivity contribution in [3.63, 3.8) is 0 Å². The van der Waals surface area contributed by atoms with Crippen LogP contribution in [0.25, 0.3) is 5.57 Å². The molecule has 1 saturated carbocycles. The van der Waals surface area contributed by atoms with Crippen LogP contribution in [-0.4, -0.2) is 23.6 Å². The van der Waals surface area contributed by atoms with Crippen LogP contribution in [0.4, 0.5) is 0 Å². The number of aliphatic hydroxyl groups is 1.